The van der Waals surface area contributed by atoms with Gasteiger partial charge in [0.2, 0.25) is 0 Å². The maximum atomic E-state index is 5.82. The van der Waals surface area contributed by atoms with Crippen molar-refractivity contribution in [3.63, 3.8) is 0 Å². The maximum Gasteiger partial charge on any atom is 0.0140 e. The fraction of sp³-hybridized carbons (Fsp3) is 0.351. The smallest absolute Gasteiger partial charge is 0.0140 e. The van der Waals surface area contributed by atoms with E-state index in [-0.39, 0.29) is 17.1 Å². The van der Waals surface area contributed by atoms with Gasteiger partial charge in [-0.2, -0.15) is 0 Å². The SMILES string of the molecule is CC(C)Oc1ccccc1[CH]=[Ru]([Cl])[Cl].CCc1cccc(CC)c1N1[CH-][C@@](C)(c2cccc3ccccc23)CC1(C)C. The van der Waals surface area contributed by atoms with Crippen LogP contribution in [-0.4, -0.2) is 16.3 Å². The molecule has 1 aliphatic heterocycles. The Hall–Kier alpha value is -2.19. The number of anilines is 1. The van der Waals surface area contributed by atoms with Gasteiger partial charge in [-0.15, -0.1) is 5.41 Å². The molecule has 1 heterocycles. The van der Waals surface area contributed by atoms with Crippen LogP contribution in [0.2, 0.25) is 0 Å². The molecule has 4 aromatic carbocycles. The van der Waals surface area contributed by atoms with Gasteiger partial charge in [-0.3, -0.25) is 0 Å². The molecule has 0 bridgehead atoms. The van der Waals surface area contributed by atoms with Crippen LogP contribution in [0.25, 0.3) is 10.8 Å². The van der Waals surface area contributed by atoms with Crippen molar-refractivity contribution in [1.82, 2.24) is 0 Å². The number of halogens is 2. The van der Waals surface area contributed by atoms with E-state index in [9.17, 15) is 0 Å². The van der Waals surface area contributed by atoms with Crippen molar-refractivity contribution in [2.45, 2.75) is 84.8 Å². The molecule has 0 spiro atoms. The number of para-hydroxylation sites is 2. The van der Waals surface area contributed by atoms with Crippen LogP contribution in [0.1, 0.15) is 77.1 Å². The van der Waals surface area contributed by atoms with Crippen molar-refractivity contribution in [3.05, 3.63) is 114 Å². The second kappa shape index (κ2) is 14.1. The first-order valence-corrected chi connectivity index (χ1v) is 20.3. The first-order chi connectivity index (χ1) is 20.0. The molecule has 1 atom stereocenters. The minimum absolute atomic E-state index is 0.0101. The Balaban J connectivity index is 0.000000244. The molecule has 0 aliphatic carbocycles. The molecule has 1 aliphatic rings. The standard InChI is InChI=1S/C27H32N.C10H12O.2ClH.Ru/c1-6-20-13-10-14-21(7-2)25(20)28-19-27(5,18-26(28,3)4)24-17-11-15-22-12-8-9-16-23(22)24;1-8(2)11-10-7-5-4-6-9(10)3;;;/h8-17,19H,6-7,18H2,1-5H3;3-8H,1-2H3;2*1H;/q-1;;;;+2/p-2/t27-;;;;/m0..../s1. The van der Waals surface area contributed by atoms with Gasteiger partial charge < -0.3 is 4.90 Å². The molecule has 1 fully saturated rings. The summed E-state index contributed by atoms with van der Waals surface area (Å²) in [4.78, 5) is 2.59. The van der Waals surface area contributed by atoms with E-state index >= 15 is 0 Å². The summed E-state index contributed by atoms with van der Waals surface area (Å²) in [5.74, 6) is 0.850. The zero-order valence-corrected chi connectivity index (χ0v) is 29.2. The summed E-state index contributed by atoms with van der Waals surface area (Å²) in [6.45, 7) is 18.2. The van der Waals surface area contributed by atoms with Crippen LogP contribution in [0.3, 0.4) is 0 Å². The Kier molecular flexibility index (Phi) is 11.0. The molecule has 226 valence electrons. The van der Waals surface area contributed by atoms with Crippen LogP contribution in [0.4, 0.5) is 5.69 Å². The van der Waals surface area contributed by atoms with Gasteiger partial charge in [0.25, 0.3) is 0 Å². The van der Waals surface area contributed by atoms with E-state index in [1.807, 2.05) is 42.7 Å². The third-order valence-electron chi connectivity index (χ3n) is 7.95. The largest absolute Gasteiger partial charge is 0.517 e. The zero-order valence-electron chi connectivity index (χ0n) is 25.9. The Bertz CT molecular complexity index is 1510. The summed E-state index contributed by atoms with van der Waals surface area (Å²) in [5, 5.41) is 2.70. The van der Waals surface area contributed by atoms with E-state index in [4.69, 9.17) is 24.1 Å². The van der Waals surface area contributed by atoms with Crippen molar-refractivity contribution >= 4 is 40.5 Å². The predicted molar refractivity (Wildman–Crippen MR) is 181 cm³/mol. The molecule has 0 N–H and O–H groups in total. The number of aryl methyl sites for hydroxylation is 2. The number of ether oxygens (including phenoxy) is 1. The molecule has 1 saturated heterocycles. The van der Waals surface area contributed by atoms with E-state index < -0.39 is 13.5 Å². The summed E-state index contributed by atoms with van der Waals surface area (Å²) in [6, 6.07) is 30.1. The number of hydrogen-bond acceptors (Lipinski definition) is 2. The third-order valence-corrected chi connectivity index (χ3v) is 9.78. The molecule has 5 rings (SSSR count). The Morgan fingerprint density at radius 1 is 0.857 bits per heavy atom. The molecule has 0 aromatic heterocycles. The van der Waals surface area contributed by atoms with E-state index in [0.717, 1.165) is 30.6 Å². The van der Waals surface area contributed by atoms with Crippen LogP contribution in [0.15, 0.2) is 84.9 Å². The monoisotopic (exact) mass is 690 g/mol. The Labute approximate surface area is 266 Å². The molecule has 4 aromatic rings. The molecule has 0 saturated carbocycles. The summed E-state index contributed by atoms with van der Waals surface area (Å²) >= 11 is -1.77. The summed E-state index contributed by atoms with van der Waals surface area (Å²) < 4.78 is 7.51. The van der Waals surface area contributed by atoms with Crippen molar-refractivity contribution in [2.24, 2.45) is 0 Å². The molecule has 0 radical (unpaired) electrons. The molecule has 0 unspecified atom stereocenters. The average Bonchev–Trinajstić information content (AvgIpc) is 3.21. The Morgan fingerprint density at radius 3 is 2.10 bits per heavy atom. The second-order valence-electron chi connectivity index (χ2n) is 12.1. The van der Waals surface area contributed by atoms with Gasteiger partial charge >= 0.3 is 97.8 Å². The van der Waals surface area contributed by atoms with E-state index in [2.05, 4.69) is 107 Å². The molecular weight excluding hydrogens is 646 g/mol. The van der Waals surface area contributed by atoms with Crippen molar-refractivity contribution in [3.8, 4) is 5.75 Å². The van der Waals surface area contributed by atoms with Gasteiger partial charge in [-0.05, 0) is 55.0 Å². The molecule has 0 amide bonds. The average molecular weight is 691 g/mol. The number of rotatable bonds is 7. The second-order valence-corrected chi connectivity index (χ2v) is 17.8. The van der Waals surface area contributed by atoms with Crippen molar-refractivity contribution in [1.29, 1.82) is 0 Å². The van der Waals surface area contributed by atoms with Crippen LogP contribution in [0, 0.1) is 6.54 Å². The third kappa shape index (κ3) is 7.47. The Morgan fingerprint density at radius 2 is 1.45 bits per heavy atom. The molecule has 5 heteroatoms. The van der Waals surface area contributed by atoms with E-state index in [0.29, 0.717) is 0 Å². The van der Waals surface area contributed by atoms with E-state index in [1.165, 1.54) is 33.2 Å². The van der Waals surface area contributed by atoms with E-state index in [1.54, 1.807) is 0 Å². The van der Waals surface area contributed by atoms with Gasteiger partial charge in [-0.25, -0.2) is 6.54 Å². The van der Waals surface area contributed by atoms with Gasteiger partial charge in [0.1, 0.15) is 0 Å². The first-order valence-electron chi connectivity index (χ1n) is 14.8. The van der Waals surface area contributed by atoms with Crippen LogP contribution in [-0.2, 0) is 31.8 Å². The fourth-order valence-corrected chi connectivity index (χ4v) is 8.08. The van der Waals surface area contributed by atoms with Crippen LogP contribution >= 0.6 is 19.4 Å². The molecular formula is C37H44Cl2NORu-. The quantitative estimate of drug-likeness (QED) is 0.141. The van der Waals surface area contributed by atoms with Crippen LogP contribution in [0.5, 0.6) is 5.75 Å². The van der Waals surface area contributed by atoms with Crippen LogP contribution < -0.4 is 9.64 Å². The molecule has 2 nitrogen and oxygen atoms in total. The minimum atomic E-state index is -1.77. The molecule has 42 heavy (non-hydrogen) atoms. The summed E-state index contributed by atoms with van der Waals surface area (Å²) in [7, 11) is 11.6. The predicted octanol–water partition coefficient (Wildman–Crippen LogP) is 10.6. The van der Waals surface area contributed by atoms with Gasteiger partial charge in [0, 0.05) is 11.2 Å². The fourth-order valence-electron chi connectivity index (χ4n) is 6.28. The summed E-state index contributed by atoms with van der Waals surface area (Å²) in [6.07, 6.45) is 3.40. The normalized spacial score (nSPS) is 18.0. The van der Waals surface area contributed by atoms with Crippen molar-refractivity contribution < 1.29 is 18.3 Å². The maximum absolute atomic E-state index is 5.82. The van der Waals surface area contributed by atoms with Gasteiger partial charge in [0.05, 0.1) is 0 Å². The van der Waals surface area contributed by atoms with Gasteiger partial charge in [0.15, 0.2) is 0 Å². The summed E-state index contributed by atoms with van der Waals surface area (Å²) in [5.41, 5.74) is 6.84. The first kappa shape index (κ1) is 32.7. The number of hydrogen-bond donors (Lipinski definition) is 0. The van der Waals surface area contributed by atoms with Crippen molar-refractivity contribution in [2.75, 3.05) is 4.90 Å². The number of nitrogens with zero attached hydrogens (tertiary/aromatic N) is 1. The van der Waals surface area contributed by atoms with Gasteiger partial charge in [-0.1, -0.05) is 87.0 Å². The zero-order chi connectivity index (χ0) is 30.5. The minimum Gasteiger partial charge on any atom is -0.517 e. The number of fused-ring (bicyclic) bond motifs is 1. The topological polar surface area (TPSA) is 12.5 Å². The number of benzene rings is 4.